The van der Waals surface area contributed by atoms with Gasteiger partial charge in [0.1, 0.15) is 5.60 Å². The summed E-state index contributed by atoms with van der Waals surface area (Å²) in [4.78, 5) is 11.9. The van der Waals surface area contributed by atoms with E-state index in [-0.39, 0.29) is 24.3 Å². The first-order valence-electron chi connectivity index (χ1n) is 8.31. The molecule has 4 atom stereocenters. The van der Waals surface area contributed by atoms with Crippen LogP contribution in [0.5, 0.6) is 0 Å². The van der Waals surface area contributed by atoms with Crippen LogP contribution in [0.4, 0.5) is 4.79 Å². The summed E-state index contributed by atoms with van der Waals surface area (Å²) >= 11 is 2.03. The predicted octanol–water partition coefficient (Wildman–Crippen LogP) is 2.40. The van der Waals surface area contributed by atoms with Crippen molar-refractivity contribution in [3.63, 3.8) is 0 Å². The Morgan fingerprint density at radius 3 is 2.73 bits per heavy atom. The van der Waals surface area contributed by atoms with Crippen LogP contribution in [0, 0.1) is 5.92 Å². The fourth-order valence-corrected chi connectivity index (χ4v) is 4.21. The standard InChI is InChI=1S/C16H30N2O3S/c1-5-20-13-8-12(18-15(19)21-16(2,3)4)14(13)17-9-11-6-7-22-10-11/h11-14,17H,5-10H2,1-4H3,(H,18,19). The average molecular weight is 330 g/mol. The SMILES string of the molecule is CCOC1CC(NC(=O)OC(C)(C)C)C1NCC1CCSC1. The minimum Gasteiger partial charge on any atom is -0.444 e. The second kappa shape index (κ2) is 7.88. The third-order valence-corrected chi connectivity index (χ3v) is 5.30. The molecule has 4 unspecified atom stereocenters. The quantitative estimate of drug-likeness (QED) is 0.783. The molecule has 0 aromatic rings. The van der Waals surface area contributed by atoms with Crippen LogP contribution in [0.2, 0.25) is 0 Å². The number of hydrogen-bond donors (Lipinski definition) is 2. The monoisotopic (exact) mass is 330 g/mol. The van der Waals surface area contributed by atoms with Gasteiger partial charge in [0, 0.05) is 6.61 Å². The van der Waals surface area contributed by atoms with Crippen LogP contribution >= 0.6 is 11.8 Å². The van der Waals surface area contributed by atoms with Gasteiger partial charge >= 0.3 is 6.09 Å². The van der Waals surface area contributed by atoms with E-state index < -0.39 is 5.60 Å². The Morgan fingerprint density at radius 1 is 1.36 bits per heavy atom. The number of thioether (sulfide) groups is 1. The van der Waals surface area contributed by atoms with E-state index in [0.29, 0.717) is 6.61 Å². The molecule has 1 saturated carbocycles. The van der Waals surface area contributed by atoms with Crippen molar-refractivity contribution in [3.05, 3.63) is 0 Å². The molecule has 0 bridgehead atoms. The molecular weight excluding hydrogens is 300 g/mol. The van der Waals surface area contributed by atoms with Crippen LogP contribution in [0.15, 0.2) is 0 Å². The van der Waals surface area contributed by atoms with Crippen LogP contribution in [0.3, 0.4) is 0 Å². The maximum absolute atomic E-state index is 11.9. The zero-order chi connectivity index (χ0) is 16.2. The van der Waals surface area contributed by atoms with Crippen LogP contribution in [0.25, 0.3) is 0 Å². The van der Waals surface area contributed by atoms with Gasteiger partial charge in [-0.25, -0.2) is 4.79 Å². The second-order valence-electron chi connectivity index (χ2n) is 7.15. The third kappa shape index (κ3) is 5.32. The molecule has 5 nitrogen and oxygen atoms in total. The Labute approximate surface area is 138 Å². The van der Waals surface area contributed by atoms with E-state index >= 15 is 0 Å². The predicted molar refractivity (Wildman–Crippen MR) is 90.4 cm³/mol. The molecule has 0 aromatic heterocycles. The maximum Gasteiger partial charge on any atom is 0.407 e. The number of hydrogen-bond acceptors (Lipinski definition) is 5. The fourth-order valence-electron chi connectivity index (χ4n) is 2.92. The summed E-state index contributed by atoms with van der Waals surface area (Å²) in [7, 11) is 0. The number of alkyl carbamates (subject to hydrolysis) is 1. The van der Waals surface area contributed by atoms with Gasteiger partial charge in [-0.15, -0.1) is 0 Å². The molecule has 0 spiro atoms. The number of amides is 1. The number of carbonyl (C=O) groups is 1. The lowest BCUT2D eigenvalue weighted by Crippen LogP contribution is -2.66. The first-order valence-corrected chi connectivity index (χ1v) is 9.46. The fraction of sp³-hybridized carbons (Fsp3) is 0.938. The van der Waals surface area contributed by atoms with Gasteiger partial charge in [0.25, 0.3) is 0 Å². The Balaban J connectivity index is 1.80. The lowest BCUT2D eigenvalue weighted by Gasteiger charge is -2.45. The second-order valence-corrected chi connectivity index (χ2v) is 8.30. The highest BCUT2D eigenvalue weighted by Crippen LogP contribution is 2.27. The van der Waals surface area contributed by atoms with Gasteiger partial charge in [-0.3, -0.25) is 0 Å². The summed E-state index contributed by atoms with van der Waals surface area (Å²) in [6, 6.07) is 0.290. The van der Waals surface area contributed by atoms with Crippen molar-refractivity contribution >= 4 is 17.9 Å². The zero-order valence-corrected chi connectivity index (χ0v) is 15.0. The highest BCUT2D eigenvalue weighted by atomic mass is 32.2. The number of rotatable bonds is 6. The van der Waals surface area contributed by atoms with E-state index in [1.165, 1.54) is 17.9 Å². The largest absolute Gasteiger partial charge is 0.444 e. The summed E-state index contributed by atoms with van der Waals surface area (Å²) in [6.45, 7) is 9.37. The Morgan fingerprint density at radius 2 is 2.14 bits per heavy atom. The van der Waals surface area contributed by atoms with Crippen molar-refractivity contribution < 1.29 is 14.3 Å². The molecule has 0 aromatic carbocycles. The normalized spacial score (nSPS) is 31.6. The smallest absolute Gasteiger partial charge is 0.407 e. The first kappa shape index (κ1) is 17.9. The molecular formula is C16H30N2O3S. The lowest BCUT2D eigenvalue weighted by molar-refractivity contribution is -0.0439. The van der Waals surface area contributed by atoms with Gasteiger partial charge in [-0.1, -0.05) is 0 Å². The Hall–Kier alpha value is -0.460. The molecule has 1 amide bonds. The minimum absolute atomic E-state index is 0.0976. The summed E-state index contributed by atoms with van der Waals surface area (Å²) < 4.78 is 11.1. The summed E-state index contributed by atoms with van der Waals surface area (Å²) in [5, 5.41) is 6.58. The first-order chi connectivity index (χ1) is 10.4. The molecule has 2 fully saturated rings. The van der Waals surface area contributed by atoms with Gasteiger partial charge in [0.15, 0.2) is 0 Å². The number of carbonyl (C=O) groups excluding carboxylic acids is 1. The van der Waals surface area contributed by atoms with E-state index in [9.17, 15) is 4.79 Å². The van der Waals surface area contributed by atoms with Crippen molar-refractivity contribution in [2.45, 2.75) is 64.3 Å². The minimum atomic E-state index is -0.461. The van der Waals surface area contributed by atoms with E-state index in [1.807, 2.05) is 39.5 Å². The molecule has 22 heavy (non-hydrogen) atoms. The van der Waals surface area contributed by atoms with Crippen LogP contribution in [0.1, 0.15) is 40.5 Å². The van der Waals surface area contributed by atoms with E-state index in [2.05, 4.69) is 10.6 Å². The summed E-state index contributed by atoms with van der Waals surface area (Å²) in [5.74, 6) is 3.25. The molecule has 128 valence electrons. The molecule has 1 heterocycles. The topological polar surface area (TPSA) is 59.6 Å². The van der Waals surface area contributed by atoms with Crippen molar-refractivity contribution in [1.82, 2.24) is 10.6 Å². The van der Waals surface area contributed by atoms with Gasteiger partial charge < -0.3 is 20.1 Å². The highest BCUT2D eigenvalue weighted by molar-refractivity contribution is 7.99. The molecule has 0 radical (unpaired) electrons. The molecule has 1 aliphatic carbocycles. The van der Waals surface area contributed by atoms with E-state index in [0.717, 1.165) is 18.9 Å². The van der Waals surface area contributed by atoms with Gasteiger partial charge in [-0.05, 0) is 64.5 Å². The number of nitrogens with one attached hydrogen (secondary N) is 2. The molecule has 6 heteroatoms. The third-order valence-electron chi connectivity index (χ3n) is 4.07. The summed E-state index contributed by atoms with van der Waals surface area (Å²) in [6.07, 6.45) is 1.99. The molecule has 1 saturated heterocycles. The van der Waals surface area contributed by atoms with Crippen molar-refractivity contribution in [2.75, 3.05) is 24.7 Å². The van der Waals surface area contributed by atoms with Gasteiger partial charge in [-0.2, -0.15) is 11.8 Å². The molecule has 2 aliphatic rings. The van der Waals surface area contributed by atoms with Crippen molar-refractivity contribution in [1.29, 1.82) is 0 Å². The number of ether oxygens (including phenoxy) is 2. The Kier molecular flexibility index (Phi) is 6.41. The highest BCUT2D eigenvalue weighted by Gasteiger charge is 2.43. The van der Waals surface area contributed by atoms with E-state index in [4.69, 9.17) is 9.47 Å². The molecule has 1 aliphatic heterocycles. The van der Waals surface area contributed by atoms with Crippen LogP contribution < -0.4 is 10.6 Å². The van der Waals surface area contributed by atoms with Crippen molar-refractivity contribution in [2.24, 2.45) is 5.92 Å². The molecule has 2 N–H and O–H groups in total. The lowest BCUT2D eigenvalue weighted by atomic mass is 9.82. The molecule has 2 rings (SSSR count). The summed E-state index contributed by atoms with van der Waals surface area (Å²) in [5.41, 5.74) is -0.461. The van der Waals surface area contributed by atoms with Gasteiger partial charge in [0.05, 0.1) is 18.2 Å². The maximum atomic E-state index is 11.9. The van der Waals surface area contributed by atoms with Crippen LogP contribution in [-0.2, 0) is 9.47 Å². The van der Waals surface area contributed by atoms with Crippen LogP contribution in [-0.4, -0.2) is 54.5 Å². The average Bonchev–Trinajstić information content (AvgIpc) is 2.88. The zero-order valence-electron chi connectivity index (χ0n) is 14.2. The Bertz CT molecular complexity index is 367. The van der Waals surface area contributed by atoms with Gasteiger partial charge in [0.2, 0.25) is 0 Å². The van der Waals surface area contributed by atoms with Crippen molar-refractivity contribution in [3.8, 4) is 0 Å². The van der Waals surface area contributed by atoms with E-state index in [1.54, 1.807) is 0 Å².